The smallest absolute Gasteiger partial charge is 0.337 e. The van der Waals surface area contributed by atoms with Crippen molar-refractivity contribution in [3.63, 3.8) is 0 Å². The monoisotopic (exact) mass is 476 g/mol. The number of ether oxygens (including phenoxy) is 1. The number of methoxy groups -OCH3 is 1. The average Bonchev–Trinajstić information content (AvgIpc) is 2.88. The van der Waals surface area contributed by atoms with Crippen LogP contribution in [-0.2, 0) is 17.8 Å². The third-order valence-corrected chi connectivity index (χ3v) is 6.19. The quantitative estimate of drug-likeness (QED) is 0.500. The standard InChI is InChI=1S/C27H29FN4O3/c1-35-26(33)22-9-7-20(8-10-22)18-31-14-11-25(12-15-31)32(19-21-4-3-13-29-17-21)27(34)30-24-6-2-5-23(28)16-24/h2-10,13,16-17,25H,11-12,14-15,18-19H2,1H3,(H,30,34). The lowest BCUT2D eigenvalue weighted by atomic mass is 10.0. The normalized spacial score (nSPS) is 14.3. The molecule has 0 spiro atoms. The molecule has 35 heavy (non-hydrogen) atoms. The molecule has 8 heteroatoms. The molecular weight excluding hydrogens is 447 g/mol. The van der Waals surface area contributed by atoms with Crippen LogP contribution >= 0.6 is 0 Å². The van der Waals surface area contributed by atoms with Crippen molar-refractivity contribution in [1.29, 1.82) is 0 Å². The Balaban J connectivity index is 1.40. The van der Waals surface area contributed by atoms with E-state index in [1.807, 2.05) is 29.2 Å². The first-order valence-electron chi connectivity index (χ1n) is 11.6. The number of rotatable bonds is 7. The summed E-state index contributed by atoms with van der Waals surface area (Å²) in [6.45, 7) is 2.86. The van der Waals surface area contributed by atoms with Crippen molar-refractivity contribution < 1.29 is 18.7 Å². The van der Waals surface area contributed by atoms with Crippen LogP contribution in [0.1, 0.15) is 34.3 Å². The van der Waals surface area contributed by atoms with Gasteiger partial charge in [-0.15, -0.1) is 0 Å². The van der Waals surface area contributed by atoms with Crippen molar-refractivity contribution in [3.05, 3.63) is 95.6 Å². The van der Waals surface area contributed by atoms with Gasteiger partial charge in [0.15, 0.2) is 0 Å². The van der Waals surface area contributed by atoms with Gasteiger partial charge in [-0.25, -0.2) is 14.0 Å². The molecule has 0 aliphatic carbocycles. The fourth-order valence-electron chi connectivity index (χ4n) is 4.33. The number of urea groups is 1. The summed E-state index contributed by atoms with van der Waals surface area (Å²) in [6, 6.07) is 17.0. The van der Waals surface area contributed by atoms with E-state index in [1.54, 1.807) is 36.7 Å². The molecule has 0 bridgehead atoms. The number of hydrogen-bond acceptors (Lipinski definition) is 5. The van der Waals surface area contributed by atoms with Crippen LogP contribution in [0.3, 0.4) is 0 Å². The minimum Gasteiger partial charge on any atom is -0.465 e. The maximum absolute atomic E-state index is 13.6. The van der Waals surface area contributed by atoms with Gasteiger partial charge < -0.3 is 15.0 Å². The maximum atomic E-state index is 13.6. The van der Waals surface area contributed by atoms with Crippen molar-refractivity contribution in [2.45, 2.75) is 32.0 Å². The Labute approximate surface area is 204 Å². The van der Waals surface area contributed by atoms with Gasteiger partial charge in [0, 0.05) is 50.3 Å². The molecule has 182 valence electrons. The van der Waals surface area contributed by atoms with Crippen LogP contribution in [0.15, 0.2) is 73.1 Å². The van der Waals surface area contributed by atoms with Gasteiger partial charge in [0.05, 0.1) is 12.7 Å². The third kappa shape index (κ3) is 6.64. The van der Waals surface area contributed by atoms with Crippen molar-refractivity contribution in [2.75, 3.05) is 25.5 Å². The Bertz CT molecular complexity index is 1130. The van der Waals surface area contributed by atoms with Crippen LogP contribution in [-0.4, -0.2) is 53.0 Å². The first-order valence-corrected chi connectivity index (χ1v) is 11.6. The fourth-order valence-corrected chi connectivity index (χ4v) is 4.33. The summed E-state index contributed by atoms with van der Waals surface area (Å²) in [7, 11) is 1.37. The van der Waals surface area contributed by atoms with Crippen LogP contribution < -0.4 is 5.32 Å². The Hall–Kier alpha value is -3.78. The summed E-state index contributed by atoms with van der Waals surface area (Å²) in [4.78, 5) is 33.2. The molecule has 7 nitrogen and oxygen atoms in total. The highest BCUT2D eigenvalue weighted by Gasteiger charge is 2.28. The second-order valence-electron chi connectivity index (χ2n) is 8.63. The molecule has 0 saturated carbocycles. The number of amides is 2. The van der Waals surface area contributed by atoms with E-state index in [-0.39, 0.29) is 18.0 Å². The topological polar surface area (TPSA) is 74.8 Å². The summed E-state index contributed by atoms with van der Waals surface area (Å²) in [5, 5.41) is 2.85. The molecule has 1 aromatic heterocycles. The first-order chi connectivity index (χ1) is 17.0. The van der Waals surface area contributed by atoms with Crippen LogP contribution in [0, 0.1) is 5.82 Å². The molecule has 0 unspecified atom stereocenters. The zero-order valence-electron chi connectivity index (χ0n) is 19.7. The number of carbonyl (C=O) groups is 2. The molecular formula is C27H29FN4O3. The molecule has 1 N–H and O–H groups in total. The number of benzene rings is 2. The van der Waals surface area contributed by atoms with Gasteiger partial charge >= 0.3 is 12.0 Å². The highest BCUT2D eigenvalue weighted by molar-refractivity contribution is 5.90. The zero-order valence-corrected chi connectivity index (χ0v) is 19.7. The number of likely N-dealkylation sites (tertiary alicyclic amines) is 1. The first kappa shape index (κ1) is 24.3. The highest BCUT2D eigenvalue weighted by Crippen LogP contribution is 2.22. The number of carbonyl (C=O) groups excluding carboxylic acids is 2. The van der Waals surface area contributed by atoms with Gasteiger partial charge in [0.2, 0.25) is 0 Å². The molecule has 1 aliphatic heterocycles. The van der Waals surface area contributed by atoms with Crippen molar-refractivity contribution in [1.82, 2.24) is 14.8 Å². The summed E-state index contributed by atoms with van der Waals surface area (Å²) in [6.07, 6.45) is 5.10. The van der Waals surface area contributed by atoms with Crippen molar-refractivity contribution in [2.24, 2.45) is 0 Å². The molecule has 2 aromatic carbocycles. The summed E-state index contributed by atoms with van der Waals surface area (Å²) in [5.74, 6) is -0.739. The van der Waals surface area contributed by atoms with Crippen LogP contribution in [0.5, 0.6) is 0 Å². The van der Waals surface area contributed by atoms with Crippen molar-refractivity contribution in [3.8, 4) is 0 Å². The lowest BCUT2D eigenvalue weighted by Crippen LogP contribution is -2.48. The van der Waals surface area contributed by atoms with E-state index in [9.17, 15) is 14.0 Å². The lowest BCUT2D eigenvalue weighted by Gasteiger charge is -2.38. The molecule has 0 atom stereocenters. The van der Waals surface area contributed by atoms with Gasteiger partial charge in [-0.3, -0.25) is 9.88 Å². The Morgan fingerprint density at radius 1 is 1.09 bits per heavy atom. The number of nitrogens with zero attached hydrogens (tertiary/aromatic N) is 3. The Kier molecular flexibility index (Phi) is 8.05. The summed E-state index contributed by atoms with van der Waals surface area (Å²) in [5.41, 5.74) is 3.02. The SMILES string of the molecule is COC(=O)c1ccc(CN2CCC(N(Cc3cccnc3)C(=O)Nc3cccc(F)c3)CC2)cc1. The summed E-state index contributed by atoms with van der Waals surface area (Å²) >= 11 is 0. The minimum absolute atomic E-state index is 0.0433. The molecule has 3 aromatic rings. The molecule has 0 radical (unpaired) electrons. The number of pyridine rings is 1. The number of aromatic nitrogens is 1. The molecule has 1 fully saturated rings. The Morgan fingerprint density at radius 2 is 1.86 bits per heavy atom. The van der Waals surface area contributed by atoms with E-state index in [0.717, 1.165) is 43.6 Å². The highest BCUT2D eigenvalue weighted by atomic mass is 19.1. The van der Waals surface area contributed by atoms with Gasteiger partial charge in [0.1, 0.15) is 5.82 Å². The molecule has 2 amide bonds. The Morgan fingerprint density at radius 3 is 2.51 bits per heavy atom. The number of esters is 1. The van der Waals surface area contributed by atoms with E-state index < -0.39 is 5.82 Å². The predicted octanol–water partition coefficient (Wildman–Crippen LogP) is 4.71. The van der Waals surface area contributed by atoms with E-state index in [2.05, 4.69) is 15.2 Å². The van der Waals surface area contributed by atoms with Gasteiger partial charge in [0.25, 0.3) is 0 Å². The minimum atomic E-state index is -0.394. The lowest BCUT2D eigenvalue weighted by molar-refractivity contribution is 0.0600. The number of hydrogen-bond donors (Lipinski definition) is 1. The summed E-state index contributed by atoms with van der Waals surface area (Å²) < 4.78 is 18.4. The molecule has 4 rings (SSSR count). The average molecular weight is 477 g/mol. The van der Waals surface area contributed by atoms with Crippen molar-refractivity contribution >= 4 is 17.7 Å². The molecule has 1 aliphatic rings. The second kappa shape index (κ2) is 11.6. The number of piperidine rings is 1. The van der Waals surface area contributed by atoms with E-state index >= 15 is 0 Å². The van der Waals surface area contributed by atoms with Crippen LogP contribution in [0.2, 0.25) is 0 Å². The van der Waals surface area contributed by atoms with Gasteiger partial charge in [-0.1, -0.05) is 24.3 Å². The van der Waals surface area contributed by atoms with E-state index in [0.29, 0.717) is 17.8 Å². The number of anilines is 1. The van der Waals surface area contributed by atoms with E-state index in [4.69, 9.17) is 4.74 Å². The number of nitrogens with one attached hydrogen (secondary N) is 1. The maximum Gasteiger partial charge on any atom is 0.337 e. The number of halogens is 1. The van der Waals surface area contributed by atoms with E-state index in [1.165, 1.54) is 19.2 Å². The van der Waals surface area contributed by atoms with Gasteiger partial charge in [-0.05, 0) is 60.4 Å². The fraction of sp³-hybridized carbons (Fsp3) is 0.296. The molecule has 1 saturated heterocycles. The third-order valence-electron chi connectivity index (χ3n) is 6.19. The predicted molar refractivity (Wildman–Crippen MR) is 131 cm³/mol. The van der Waals surface area contributed by atoms with Crippen LogP contribution in [0.25, 0.3) is 0 Å². The molecule has 2 heterocycles. The van der Waals surface area contributed by atoms with Crippen LogP contribution in [0.4, 0.5) is 14.9 Å². The second-order valence-corrected chi connectivity index (χ2v) is 8.63. The largest absolute Gasteiger partial charge is 0.465 e. The zero-order chi connectivity index (χ0) is 24.6. The van der Waals surface area contributed by atoms with Gasteiger partial charge in [-0.2, -0.15) is 0 Å².